The summed E-state index contributed by atoms with van der Waals surface area (Å²) in [6.45, 7) is 7.11. The van der Waals surface area contributed by atoms with Gasteiger partial charge in [0.15, 0.2) is 11.6 Å². The lowest BCUT2D eigenvalue weighted by molar-refractivity contribution is 0.188. The van der Waals surface area contributed by atoms with E-state index in [0.717, 1.165) is 0 Å². The highest BCUT2D eigenvalue weighted by Crippen LogP contribution is 2.28. The minimum absolute atomic E-state index is 0.0725. The number of piperazine rings is 1. The lowest BCUT2D eigenvalue weighted by atomic mass is 10.1. The number of benzene rings is 1. The molecule has 1 fully saturated rings. The summed E-state index contributed by atoms with van der Waals surface area (Å²) in [5.41, 5.74) is 0.566. The maximum absolute atomic E-state index is 10.1. The van der Waals surface area contributed by atoms with Crippen molar-refractivity contribution in [2.24, 2.45) is 0 Å². The molecule has 3 heterocycles. The monoisotopic (exact) mass is 408 g/mol. The summed E-state index contributed by atoms with van der Waals surface area (Å²) in [6, 6.07) is 7.12. The first-order valence-electron chi connectivity index (χ1n) is 9.81. The van der Waals surface area contributed by atoms with Crippen molar-refractivity contribution in [3.63, 3.8) is 0 Å². The zero-order valence-electron chi connectivity index (χ0n) is 17.1. The van der Waals surface area contributed by atoms with Gasteiger partial charge in [-0.2, -0.15) is 9.97 Å². The summed E-state index contributed by atoms with van der Waals surface area (Å²) in [4.78, 5) is 30.1. The SMILES string of the molecule is CC(O)c1ncnc(N2C(C)CN(c3ncnc(-c4ccccc4O)n3)CC2C)n1. The molecular formula is C20H24N8O2. The second-order valence-electron chi connectivity index (χ2n) is 7.46. The van der Waals surface area contributed by atoms with E-state index in [1.807, 2.05) is 6.07 Å². The number of rotatable bonds is 4. The molecule has 30 heavy (non-hydrogen) atoms. The van der Waals surface area contributed by atoms with Gasteiger partial charge in [0.2, 0.25) is 11.9 Å². The molecule has 1 aromatic carbocycles. The van der Waals surface area contributed by atoms with Crippen molar-refractivity contribution in [1.29, 1.82) is 0 Å². The molecule has 0 saturated carbocycles. The maximum atomic E-state index is 10.1. The van der Waals surface area contributed by atoms with E-state index in [-0.39, 0.29) is 17.8 Å². The topological polar surface area (TPSA) is 124 Å². The third-order valence-corrected chi connectivity index (χ3v) is 5.09. The molecular weight excluding hydrogens is 384 g/mol. The van der Waals surface area contributed by atoms with Gasteiger partial charge >= 0.3 is 0 Å². The highest BCUT2D eigenvalue weighted by atomic mass is 16.3. The second-order valence-corrected chi connectivity index (χ2v) is 7.46. The summed E-state index contributed by atoms with van der Waals surface area (Å²) in [5.74, 6) is 2.02. The number of nitrogens with zero attached hydrogens (tertiary/aromatic N) is 8. The van der Waals surface area contributed by atoms with Gasteiger partial charge in [0, 0.05) is 25.2 Å². The van der Waals surface area contributed by atoms with Crippen LogP contribution in [0.3, 0.4) is 0 Å². The number of phenolic OH excluding ortho intramolecular Hbond substituents is 1. The number of aliphatic hydroxyl groups is 1. The Morgan fingerprint density at radius 3 is 2.30 bits per heavy atom. The van der Waals surface area contributed by atoms with Crippen LogP contribution in [0.25, 0.3) is 11.4 Å². The predicted octanol–water partition coefficient (Wildman–Crippen LogP) is 1.59. The zero-order valence-corrected chi connectivity index (χ0v) is 17.1. The molecule has 0 radical (unpaired) electrons. The van der Waals surface area contributed by atoms with E-state index in [9.17, 15) is 10.2 Å². The van der Waals surface area contributed by atoms with Gasteiger partial charge in [-0.1, -0.05) is 12.1 Å². The Labute approximate surface area is 174 Å². The van der Waals surface area contributed by atoms with E-state index in [4.69, 9.17) is 0 Å². The molecule has 1 aliphatic heterocycles. The molecule has 10 nitrogen and oxygen atoms in total. The van der Waals surface area contributed by atoms with Crippen LogP contribution < -0.4 is 9.80 Å². The molecule has 3 aromatic rings. The Morgan fingerprint density at radius 1 is 0.933 bits per heavy atom. The quantitative estimate of drug-likeness (QED) is 0.657. The predicted molar refractivity (Wildman–Crippen MR) is 111 cm³/mol. The number of hydrogen-bond acceptors (Lipinski definition) is 10. The van der Waals surface area contributed by atoms with E-state index < -0.39 is 6.10 Å². The number of aromatic hydroxyl groups is 1. The molecule has 1 aliphatic rings. The molecule has 0 amide bonds. The van der Waals surface area contributed by atoms with Crippen LogP contribution in [0.4, 0.5) is 11.9 Å². The fourth-order valence-corrected chi connectivity index (χ4v) is 3.74. The molecule has 2 aromatic heterocycles. The summed E-state index contributed by atoms with van der Waals surface area (Å²) in [7, 11) is 0. The lowest BCUT2D eigenvalue weighted by Crippen LogP contribution is -2.58. The third kappa shape index (κ3) is 3.86. The van der Waals surface area contributed by atoms with E-state index in [1.54, 1.807) is 25.1 Å². The molecule has 156 valence electrons. The van der Waals surface area contributed by atoms with Crippen LogP contribution in [0, 0.1) is 0 Å². The fraction of sp³-hybridized carbons (Fsp3) is 0.400. The van der Waals surface area contributed by atoms with Crippen LogP contribution in [-0.4, -0.2) is 65.3 Å². The molecule has 0 bridgehead atoms. The standard InChI is InChI=1S/C20H24N8O2/c1-12-8-27(9-13(2)28(12)20-24-10-21-17(25-20)14(3)29)19-23-11-22-18(26-19)15-6-4-5-7-16(15)30/h4-7,10-14,29-30H,8-9H2,1-3H3. The molecule has 3 atom stereocenters. The van der Waals surface area contributed by atoms with Crippen LogP contribution in [-0.2, 0) is 0 Å². The average Bonchev–Trinajstić information content (AvgIpc) is 2.74. The van der Waals surface area contributed by atoms with Gasteiger partial charge in [-0.25, -0.2) is 19.9 Å². The third-order valence-electron chi connectivity index (χ3n) is 5.09. The number of anilines is 2. The highest BCUT2D eigenvalue weighted by molar-refractivity contribution is 5.64. The van der Waals surface area contributed by atoms with Crippen LogP contribution in [0.1, 0.15) is 32.7 Å². The molecule has 2 N–H and O–H groups in total. The zero-order chi connectivity index (χ0) is 21.3. The van der Waals surface area contributed by atoms with E-state index in [2.05, 4.69) is 53.6 Å². The average molecular weight is 408 g/mol. The second kappa shape index (κ2) is 8.15. The van der Waals surface area contributed by atoms with Crippen LogP contribution in [0.5, 0.6) is 5.75 Å². The first kappa shape index (κ1) is 19.9. The van der Waals surface area contributed by atoms with Gasteiger partial charge in [-0.15, -0.1) is 0 Å². The number of para-hydroxylation sites is 1. The number of aromatic nitrogens is 6. The maximum Gasteiger partial charge on any atom is 0.229 e. The number of phenols is 1. The van der Waals surface area contributed by atoms with E-state index >= 15 is 0 Å². The van der Waals surface area contributed by atoms with Crippen LogP contribution >= 0.6 is 0 Å². The Morgan fingerprint density at radius 2 is 1.60 bits per heavy atom. The van der Waals surface area contributed by atoms with Gasteiger partial charge in [0.05, 0.1) is 5.56 Å². The van der Waals surface area contributed by atoms with E-state index in [1.165, 1.54) is 12.7 Å². The number of hydrogen-bond donors (Lipinski definition) is 2. The van der Waals surface area contributed by atoms with Crippen molar-refractivity contribution < 1.29 is 10.2 Å². The van der Waals surface area contributed by atoms with Crippen molar-refractivity contribution in [2.45, 2.75) is 39.0 Å². The smallest absolute Gasteiger partial charge is 0.229 e. The molecule has 10 heteroatoms. The minimum Gasteiger partial charge on any atom is -0.507 e. The molecule has 0 aliphatic carbocycles. The largest absolute Gasteiger partial charge is 0.507 e. The molecule has 3 unspecified atom stereocenters. The summed E-state index contributed by atoms with van der Waals surface area (Å²) in [6.07, 6.45) is 2.14. The minimum atomic E-state index is -0.753. The van der Waals surface area contributed by atoms with Gasteiger partial charge in [-0.3, -0.25) is 0 Å². The molecule has 0 spiro atoms. The van der Waals surface area contributed by atoms with Crippen molar-refractivity contribution in [2.75, 3.05) is 22.9 Å². The van der Waals surface area contributed by atoms with Gasteiger partial charge in [0.25, 0.3) is 0 Å². The highest BCUT2D eigenvalue weighted by Gasteiger charge is 2.33. The van der Waals surface area contributed by atoms with Crippen molar-refractivity contribution in [3.8, 4) is 17.1 Å². The summed E-state index contributed by atoms with van der Waals surface area (Å²) >= 11 is 0. The summed E-state index contributed by atoms with van der Waals surface area (Å²) in [5, 5.41) is 19.9. The normalized spacial score (nSPS) is 20.3. The Hall–Kier alpha value is -3.40. The van der Waals surface area contributed by atoms with Crippen LogP contribution in [0.2, 0.25) is 0 Å². The Balaban J connectivity index is 1.58. The van der Waals surface area contributed by atoms with Crippen molar-refractivity contribution in [1.82, 2.24) is 29.9 Å². The van der Waals surface area contributed by atoms with Gasteiger partial charge in [-0.05, 0) is 32.9 Å². The first-order valence-corrected chi connectivity index (χ1v) is 9.81. The van der Waals surface area contributed by atoms with Gasteiger partial charge in [0.1, 0.15) is 24.5 Å². The molecule has 4 rings (SSSR count). The lowest BCUT2D eigenvalue weighted by Gasteiger charge is -2.44. The van der Waals surface area contributed by atoms with Gasteiger partial charge < -0.3 is 20.0 Å². The van der Waals surface area contributed by atoms with Crippen LogP contribution in [0.15, 0.2) is 36.9 Å². The molecule has 1 saturated heterocycles. The Bertz CT molecular complexity index is 1020. The van der Waals surface area contributed by atoms with Crippen molar-refractivity contribution in [3.05, 3.63) is 42.7 Å². The summed E-state index contributed by atoms with van der Waals surface area (Å²) < 4.78 is 0. The first-order chi connectivity index (χ1) is 14.4. The fourth-order valence-electron chi connectivity index (χ4n) is 3.74. The Kier molecular flexibility index (Phi) is 5.40. The van der Waals surface area contributed by atoms with Crippen molar-refractivity contribution >= 4 is 11.9 Å². The van der Waals surface area contributed by atoms with E-state index in [0.29, 0.717) is 42.2 Å². The number of aliphatic hydroxyl groups excluding tert-OH is 1.